The minimum Gasteiger partial charge on any atom is -0.422 e. The molecule has 106 valence electrons. The molecule has 0 bridgehead atoms. The summed E-state index contributed by atoms with van der Waals surface area (Å²) in [5.74, 6) is 0. The average molecular weight is 269 g/mol. The second kappa shape index (κ2) is 15.4. The zero-order valence-corrected chi connectivity index (χ0v) is 12.1. The molecule has 0 amide bonds. The first-order chi connectivity index (χ1) is 5.52. The quantitative estimate of drug-likeness (QED) is 0.659. The van der Waals surface area contributed by atoms with Gasteiger partial charge in [0.2, 0.25) is 0 Å². The standard InChI is InChI=1S/C9H24OSi2.4CH4/c1-8(10-12-5)6-9(2,3)7-11-4;;;;/h8H,6-7,11-12H2,1-5H3;4*1H4. The van der Waals surface area contributed by atoms with Gasteiger partial charge >= 0.3 is 0 Å². The maximum atomic E-state index is 5.68. The van der Waals surface area contributed by atoms with Gasteiger partial charge in [-0.1, -0.05) is 62.7 Å². The topological polar surface area (TPSA) is 9.23 Å². The van der Waals surface area contributed by atoms with Gasteiger partial charge in [-0.2, -0.15) is 0 Å². The molecule has 0 aliphatic rings. The van der Waals surface area contributed by atoms with Crippen LogP contribution in [0.1, 0.15) is 56.9 Å². The SMILES string of the molecule is C.C.C.C.C[SiH2]CC(C)(C)CC(C)O[SiH2]C. The summed E-state index contributed by atoms with van der Waals surface area (Å²) in [6.07, 6.45) is 1.74. The van der Waals surface area contributed by atoms with Crippen molar-refractivity contribution in [2.75, 3.05) is 0 Å². The largest absolute Gasteiger partial charge is 0.422 e. The monoisotopic (exact) mass is 268 g/mol. The van der Waals surface area contributed by atoms with Crippen molar-refractivity contribution in [2.24, 2.45) is 5.41 Å². The van der Waals surface area contributed by atoms with Crippen LogP contribution in [0.15, 0.2) is 0 Å². The number of rotatable bonds is 6. The Balaban J connectivity index is -0.000000101. The van der Waals surface area contributed by atoms with E-state index in [1.807, 2.05) is 0 Å². The van der Waals surface area contributed by atoms with Gasteiger partial charge in [0, 0.05) is 15.6 Å². The van der Waals surface area contributed by atoms with Crippen LogP contribution in [0, 0.1) is 5.41 Å². The van der Waals surface area contributed by atoms with E-state index < -0.39 is 0 Å². The fraction of sp³-hybridized carbons (Fsp3) is 1.00. The molecule has 0 heterocycles. The smallest absolute Gasteiger partial charge is 0.158 e. The third-order valence-corrected chi connectivity index (χ3v) is 4.97. The Morgan fingerprint density at radius 2 is 1.50 bits per heavy atom. The predicted octanol–water partition coefficient (Wildman–Crippen LogP) is 4.12. The first-order valence-electron chi connectivity index (χ1n) is 5.13. The molecule has 0 aromatic rings. The van der Waals surface area contributed by atoms with Gasteiger partial charge in [-0.3, -0.25) is 0 Å². The van der Waals surface area contributed by atoms with E-state index in [1.54, 1.807) is 0 Å². The Morgan fingerprint density at radius 3 is 1.81 bits per heavy atom. The highest BCUT2D eigenvalue weighted by atomic mass is 28.2. The van der Waals surface area contributed by atoms with E-state index in [0.717, 1.165) is 0 Å². The molecule has 1 atom stereocenters. The molecule has 0 fully saturated rings. The Kier molecular flexibility index (Phi) is 28.8. The van der Waals surface area contributed by atoms with Gasteiger partial charge in [0.25, 0.3) is 0 Å². The van der Waals surface area contributed by atoms with Crippen molar-refractivity contribution in [1.29, 1.82) is 0 Å². The highest BCUT2D eigenvalue weighted by Gasteiger charge is 2.19. The molecule has 1 nitrogen and oxygen atoms in total. The third-order valence-electron chi connectivity index (χ3n) is 2.22. The molecule has 0 saturated heterocycles. The van der Waals surface area contributed by atoms with E-state index >= 15 is 0 Å². The summed E-state index contributed by atoms with van der Waals surface area (Å²) < 4.78 is 5.68. The molecule has 0 aromatic heterocycles. The van der Waals surface area contributed by atoms with Crippen molar-refractivity contribution in [1.82, 2.24) is 0 Å². The minimum absolute atomic E-state index is 0. The van der Waals surface area contributed by atoms with Crippen molar-refractivity contribution in [2.45, 2.75) is 82.1 Å². The Labute approximate surface area is 112 Å². The lowest BCUT2D eigenvalue weighted by molar-refractivity contribution is 0.168. The van der Waals surface area contributed by atoms with Crippen LogP contribution in [-0.4, -0.2) is 25.4 Å². The summed E-state index contributed by atoms with van der Waals surface area (Å²) in [6, 6.07) is 1.45. The maximum absolute atomic E-state index is 5.68. The van der Waals surface area contributed by atoms with Crippen LogP contribution in [0.4, 0.5) is 0 Å². The molecular formula is C13H40OSi2. The summed E-state index contributed by atoms with van der Waals surface area (Å²) in [4.78, 5) is 0. The Morgan fingerprint density at radius 1 is 1.06 bits per heavy atom. The number of hydrogen-bond acceptors (Lipinski definition) is 1. The van der Waals surface area contributed by atoms with Gasteiger partial charge in [-0.05, 0) is 18.8 Å². The normalized spacial score (nSPS) is 12.6. The molecule has 0 aliphatic heterocycles. The van der Waals surface area contributed by atoms with E-state index in [9.17, 15) is 0 Å². The molecule has 0 rings (SSSR count). The summed E-state index contributed by atoms with van der Waals surface area (Å²) in [7, 11) is 0.00367. The van der Waals surface area contributed by atoms with E-state index in [2.05, 4.69) is 33.9 Å². The fourth-order valence-electron chi connectivity index (χ4n) is 1.90. The molecular weight excluding hydrogens is 228 g/mol. The van der Waals surface area contributed by atoms with Crippen molar-refractivity contribution in [3.05, 3.63) is 0 Å². The van der Waals surface area contributed by atoms with E-state index in [0.29, 0.717) is 11.5 Å². The summed E-state index contributed by atoms with van der Waals surface area (Å²) in [5, 5.41) is 0. The number of hydrogen-bond donors (Lipinski definition) is 0. The Bertz CT molecular complexity index is 117. The summed E-state index contributed by atoms with van der Waals surface area (Å²) in [6.45, 7) is 11.6. The summed E-state index contributed by atoms with van der Waals surface area (Å²) >= 11 is 0. The second-order valence-corrected chi connectivity index (χ2v) is 6.79. The van der Waals surface area contributed by atoms with Gasteiger partial charge in [-0.25, -0.2) is 0 Å². The van der Waals surface area contributed by atoms with Crippen LogP contribution in [-0.2, 0) is 4.43 Å². The molecule has 0 aromatic carbocycles. The van der Waals surface area contributed by atoms with Gasteiger partial charge in [-0.15, -0.1) is 0 Å². The van der Waals surface area contributed by atoms with Crippen LogP contribution in [0.25, 0.3) is 0 Å². The summed E-state index contributed by atoms with van der Waals surface area (Å²) in [5.41, 5.74) is 0.532. The van der Waals surface area contributed by atoms with Crippen molar-refractivity contribution in [3.8, 4) is 0 Å². The zero-order valence-electron chi connectivity index (χ0n) is 9.31. The molecule has 0 aliphatic carbocycles. The van der Waals surface area contributed by atoms with Gasteiger partial charge < -0.3 is 4.43 Å². The predicted molar refractivity (Wildman–Crippen MR) is 89.5 cm³/mol. The van der Waals surface area contributed by atoms with Crippen molar-refractivity contribution >= 4 is 19.3 Å². The maximum Gasteiger partial charge on any atom is 0.158 e. The van der Waals surface area contributed by atoms with Gasteiger partial charge in [0.05, 0.1) is 0 Å². The highest BCUT2D eigenvalue weighted by Crippen LogP contribution is 2.27. The Hall–Kier alpha value is 0.394. The minimum atomic E-state index is -0.205. The lowest BCUT2D eigenvalue weighted by atomic mass is 9.89. The lowest BCUT2D eigenvalue weighted by Gasteiger charge is -2.27. The third kappa shape index (κ3) is 16.8. The highest BCUT2D eigenvalue weighted by molar-refractivity contribution is 6.33. The van der Waals surface area contributed by atoms with Crippen LogP contribution in [0.5, 0.6) is 0 Å². The van der Waals surface area contributed by atoms with E-state index in [4.69, 9.17) is 4.43 Å². The lowest BCUT2D eigenvalue weighted by Crippen LogP contribution is -2.22. The van der Waals surface area contributed by atoms with Crippen LogP contribution < -0.4 is 0 Å². The zero-order chi connectivity index (χ0) is 9.61. The van der Waals surface area contributed by atoms with E-state index in [1.165, 1.54) is 12.5 Å². The van der Waals surface area contributed by atoms with E-state index in [-0.39, 0.29) is 49.0 Å². The molecule has 0 N–H and O–H groups in total. The molecule has 0 radical (unpaired) electrons. The van der Waals surface area contributed by atoms with Crippen molar-refractivity contribution < 1.29 is 4.43 Å². The molecule has 16 heavy (non-hydrogen) atoms. The molecule has 0 saturated carbocycles. The van der Waals surface area contributed by atoms with Crippen LogP contribution in [0.3, 0.4) is 0 Å². The van der Waals surface area contributed by atoms with Gasteiger partial charge in [0.15, 0.2) is 9.76 Å². The molecule has 3 heteroatoms. The van der Waals surface area contributed by atoms with Crippen LogP contribution >= 0.6 is 0 Å². The molecule has 1 unspecified atom stereocenters. The molecule has 0 spiro atoms. The van der Waals surface area contributed by atoms with Crippen molar-refractivity contribution in [3.63, 3.8) is 0 Å². The first-order valence-corrected chi connectivity index (χ1v) is 9.54. The first kappa shape index (κ1) is 29.9. The second-order valence-electron chi connectivity index (χ2n) is 4.38. The van der Waals surface area contributed by atoms with Gasteiger partial charge in [0.1, 0.15) is 0 Å². The van der Waals surface area contributed by atoms with Crippen LogP contribution in [0.2, 0.25) is 19.1 Å². The fourth-order valence-corrected chi connectivity index (χ4v) is 4.15. The average Bonchev–Trinajstić information content (AvgIpc) is 1.85.